The predicted molar refractivity (Wildman–Crippen MR) is 79.1 cm³/mol. The molecule has 0 saturated heterocycles. The summed E-state index contributed by atoms with van der Waals surface area (Å²) in [6, 6.07) is 1.81. The van der Waals surface area contributed by atoms with E-state index in [-0.39, 0.29) is 12.1 Å². The molecular formula is C13H12BrN5O. The molecule has 0 radical (unpaired) electrons. The van der Waals surface area contributed by atoms with Crippen LogP contribution in [0.2, 0.25) is 0 Å². The summed E-state index contributed by atoms with van der Waals surface area (Å²) in [5.74, 6) is 3.08. The Bertz CT molecular complexity index is 719. The number of nitrogens with zero attached hydrogens (tertiary/aromatic N) is 4. The van der Waals surface area contributed by atoms with Crippen molar-refractivity contribution in [1.82, 2.24) is 19.7 Å². The molecule has 2 rings (SSSR count). The highest BCUT2D eigenvalue weighted by Crippen LogP contribution is 2.16. The summed E-state index contributed by atoms with van der Waals surface area (Å²) in [5, 5.41) is 7.10. The second-order valence-electron chi connectivity index (χ2n) is 3.99. The molecule has 0 unspecified atom stereocenters. The second-order valence-corrected chi connectivity index (χ2v) is 4.78. The van der Waals surface area contributed by atoms with Crippen molar-refractivity contribution in [2.24, 2.45) is 0 Å². The second kappa shape index (κ2) is 6.30. The normalized spacial score (nSPS) is 10.1. The Labute approximate surface area is 124 Å². The van der Waals surface area contributed by atoms with Gasteiger partial charge < -0.3 is 5.32 Å². The number of anilines is 1. The zero-order valence-corrected chi connectivity index (χ0v) is 12.4. The smallest absolute Gasteiger partial charge is 0.284 e. The highest BCUT2D eigenvalue weighted by Gasteiger charge is 2.08. The number of aromatic nitrogens is 4. The maximum atomic E-state index is 11.9. The molecule has 0 fully saturated rings. The van der Waals surface area contributed by atoms with Crippen LogP contribution in [-0.2, 0) is 13.1 Å². The van der Waals surface area contributed by atoms with Crippen LogP contribution in [0, 0.1) is 19.3 Å². The molecule has 1 N–H and O–H groups in total. The van der Waals surface area contributed by atoms with Crippen LogP contribution in [0.25, 0.3) is 0 Å². The van der Waals surface area contributed by atoms with Crippen LogP contribution in [0.15, 0.2) is 27.7 Å². The van der Waals surface area contributed by atoms with Gasteiger partial charge in [0.1, 0.15) is 16.8 Å². The van der Waals surface area contributed by atoms with E-state index in [4.69, 9.17) is 6.42 Å². The topological polar surface area (TPSA) is 72.7 Å². The van der Waals surface area contributed by atoms with Gasteiger partial charge in [0.25, 0.3) is 5.56 Å². The Balaban J connectivity index is 2.17. The number of aryl methyl sites for hydroxylation is 1. The van der Waals surface area contributed by atoms with Crippen LogP contribution in [0.5, 0.6) is 0 Å². The van der Waals surface area contributed by atoms with Gasteiger partial charge in [0.2, 0.25) is 0 Å². The van der Waals surface area contributed by atoms with E-state index in [9.17, 15) is 4.79 Å². The monoisotopic (exact) mass is 333 g/mol. The summed E-state index contributed by atoms with van der Waals surface area (Å²) < 4.78 is 1.61. The zero-order chi connectivity index (χ0) is 14.5. The third kappa shape index (κ3) is 3.22. The molecule has 0 aliphatic rings. The highest BCUT2D eigenvalue weighted by atomic mass is 79.9. The molecule has 0 spiro atoms. The Hall–Kier alpha value is -2.20. The minimum Gasteiger partial charge on any atom is -0.377 e. The first-order valence-corrected chi connectivity index (χ1v) is 6.62. The molecular weight excluding hydrogens is 322 g/mol. The Morgan fingerprint density at radius 2 is 2.35 bits per heavy atom. The molecule has 2 aromatic heterocycles. The number of halogens is 1. The van der Waals surface area contributed by atoms with Crippen molar-refractivity contribution >= 4 is 21.6 Å². The summed E-state index contributed by atoms with van der Waals surface area (Å²) in [4.78, 5) is 20.2. The van der Waals surface area contributed by atoms with Crippen molar-refractivity contribution in [3.63, 3.8) is 0 Å². The first-order chi connectivity index (χ1) is 9.61. The van der Waals surface area contributed by atoms with Gasteiger partial charge in [-0.2, -0.15) is 5.10 Å². The van der Waals surface area contributed by atoms with E-state index in [1.807, 2.05) is 6.92 Å². The zero-order valence-electron chi connectivity index (χ0n) is 10.8. The van der Waals surface area contributed by atoms with E-state index in [0.29, 0.717) is 22.5 Å². The van der Waals surface area contributed by atoms with Crippen LogP contribution in [0.1, 0.15) is 11.5 Å². The van der Waals surface area contributed by atoms with Gasteiger partial charge >= 0.3 is 0 Å². The lowest BCUT2D eigenvalue weighted by atomic mass is 10.3. The fourth-order valence-electron chi connectivity index (χ4n) is 1.58. The SMILES string of the molecule is C#CCn1ncc(NCc2ccnc(C)n2)c(Br)c1=O. The largest absolute Gasteiger partial charge is 0.377 e. The quantitative estimate of drug-likeness (QED) is 0.855. The van der Waals surface area contributed by atoms with E-state index in [1.54, 1.807) is 18.5 Å². The standard InChI is InChI=1S/C13H12BrN5O/c1-3-6-19-13(20)12(14)11(8-17-19)16-7-10-4-5-15-9(2)18-10/h1,4-5,8,16H,6-7H2,2H3. The number of hydrogen-bond donors (Lipinski definition) is 1. The van der Waals surface area contributed by atoms with E-state index >= 15 is 0 Å². The van der Waals surface area contributed by atoms with Gasteiger partial charge in [0.15, 0.2) is 0 Å². The lowest BCUT2D eigenvalue weighted by Crippen LogP contribution is -2.24. The molecule has 0 amide bonds. The summed E-state index contributed by atoms with van der Waals surface area (Å²) in [6.45, 7) is 2.44. The van der Waals surface area contributed by atoms with Crippen molar-refractivity contribution in [1.29, 1.82) is 0 Å². The van der Waals surface area contributed by atoms with Gasteiger partial charge in [-0.1, -0.05) is 5.92 Å². The van der Waals surface area contributed by atoms with Gasteiger partial charge in [-0.05, 0) is 28.9 Å². The minimum atomic E-state index is -0.271. The molecule has 0 atom stereocenters. The van der Waals surface area contributed by atoms with Crippen molar-refractivity contribution in [2.45, 2.75) is 20.0 Å². The molecule has 102 valence electrons. The highest BCUT2D eigenvalue weighted by molar-refractivity contribution is 9.10. The Kier molecular flexibility index (Phi) is 4.48. The minimum absolute atomic E-state index is 0.142. The first-order valence-electron chi connectivity index (χ1n) is 5.83. The van der Waals surface area contributed by atoms with Crippen LogP contribution in [-0.4, -0.2) is 19.7 Å². The van der Waals surface area contributed by atoms with Crippen LogP contribution < -0.4 is 10.9 Å². The van der Waals surface area contributed by atoms with Crippen LogP contribution in [0.4, 0.5) is 5.69 Å². The van der Waals surface area contributed by atoms with Gasteiger partial charge in [0, 0.05) is 6.20 Å². The molecule has 0 aliphatic heterocycles. The van der Waals surface area contributed by atoms with Crippen LogP contribution >= 0.6 is 15.9 Å². The summed E-state index contributed by atoms with van der Waals surface area (Å²) in [5.41, 5.74) is 1.16. The number of nitrogens with one attached hydrogen (secondary N) is 1. The molecule has 0 aromatic carbocycles. The molecule has 20 heavy (non-hydrogen) atoms. The van der Waals surface area contributed by atoms with Crippen molar-refractivity contribution in [3.05, 3.63) is 44.8 Å². The molecule has 6 nitrogen and oxygen atoms in total. The van der Waals surface area contributed by atoms with E-state index < -0.39 is 0 Å². The molecule has 0 bridgehead atoms. The Morgan fingerprint density at radius 1 is 1.55 bits per heavy atom. The maximum absolute atomic E-state index is 11.9. The fraction of sp³-hybridized carbons (Fsp3) is 0.231. The first kappa shape index (κ1) is 14.2. The third-order valence-corrected chi connectivity index (χ3v) is 3.29. The average molecular weight is 334 g/mol. The van der Waals surface area contributed by atoms with Gasteiger partial charge in [-0.15, -0.1) is 6.42 Å². The lowest BCUT2D eigenvalue weighted by Gasteiger charge is -2.09. The van der Waals surface area contributed by atoms with E-state index in [1.165, 1.54) is 4.68 Å². The van der Waals surface area contributed by atoms with Crippen LogP contribution in [0.3, 0.4) is 0 Å². The molecule has 0 aliphatic carbocycles. The summed E-state index contributed by atoms with van der Waals surface area (Å²) >= 11 is 3.25. The van der Waals surface area contributed by atoms with E-state index in [2.05, 4.69) is 42.2 Å². The van der Waals surface area contributed by atoms with Gasteiger partial charge in [0.05, 0.1) is 24.1 Å². The average Bonchev–Trinajstić information content (AvgIpc) is 2.43. The number of terminal acetylenes is 1. The van der Waals surface area contributed by atoms with Crippen molar-refractivity contribution < 1.29 is 0 Å². The van der Waals surface area contributed by atoms with Gasteiger partial charge in [-0.3, -0.25) is 4.79 Å². The summed E-state index contributed by atoms with van der Waals surface area (Å²) in [6.07, 6.45) is 8.42. The fourth-order valence-corrected chi connectivity index (χ4v) is 2.02. The summed E-state index contributed by atoms with van der Waals surface area (Å²) in [7, 11) is 0. The maximum Gasteiger partial charge on any atom is 0.284 e. The van der Waals surface area contributed by atoms with Crippen molar-refractivity contribution in [3.8, 4) is 12.3 Å². The van der Waals surface area contributed by atoms with E-state index in [0.717, 1.165) is 5.69 Å². The predicted octanol–water partition coefficient (Wildman–Crippen LogP) is 1.35. The molecule has 2 aromatic rings. The lowest BCUT2D eigenvalue weighted by molar-refractivity contribution is 0.659. The number of rotatable bonds is 4. The Morgan fingerprint density at radius 3 is 3.05 bits per heavy atom. The van der Waals surface area contributed by atoms with Crippen molar-refractivity contribution in [2.75, 3.05) is 5.32 Å². The van der Waals surface area contributed by atoms with Gasteiger partial charge in [-0.25, -0.2) is 14.6 Å². The molecule has 2 heterocycles. The molecule has 7 heteroatoms. The molecule has 0 saturated carbocycles. The third-order valence-electron chi connectivity index (χ3n) is 2.52. The number of hydrogen-bond acceptors (Lipinski definition) is 5.